The van der Waals surface area contributed by atoms with Crippen molar-refractivity contribution >= 4 is 0 Å². The summed E-state index contributed by atoms with van der Waals surface area (Å²) >= 11 is 0. The molecule has 0 amide bonds. The van der Waals surface area contributed by atoms with Gasteiger partial charge in [0.2, 0.25) is 0 Å². The highest BCUT2D eigenvalue weighted by atomic mass is 16.5. The smallest absolute Gasteiger partial charge is 0.161 e. The topological polar surface area (TPSA) is 38.7 Å². The maximum Gasteiger partial charge on any atom is 0.161 e. The van der Waals surface area contributed by atoms with Crippen molar-refractivity contribution in [1.82, 2.24) is 0 Å². The third kappa shape index (κ3) is 3.91. The standard InChI is InChI=1S/C15H24O3/c1-5-11(3)13(16)10-18-14-8-7-12(6-2)9-15(14)17-4/h7-9,11,13,16H,5-6,10H2,1-4H3. The monoisotopic (exact) mass is 252 g/mol. The van der Waals surface area contributed by atoms with E-state index in [1.165, 1.54) is 5.56 Å². The molecule has 0 saturated heterocycles. The SMILES string of the molecule is CCc1ccc(OCC(O)C(C)CC)c(OC)c1. The fourth-order valence-corrected chi connectivity index (χ4v) is 1.66. The molecule has 0 aliphatic heterocycles. The van der Waals surface area contributed by atoms with E-state index >= 15 is 0 Å². The van der Waals surface area contributed by atoms with E-state index in [1.807, 2.05) is 25.1 Å². The predicted octanol–water partition coefficient (Wildman–Crippen LogP) is 3.04. The highest BCUT2D eigenvalue weighted by molar-refractivity contribution is 5.42. The van der Waals surface area contributed by atoms with Crippen molar-refractivity contribution in [3.8, 4) is 11.5 Å². The van der Waals surface area contributed by atoms with Crippen molar-refractivity contribution in [2.45, 2.75) is 39.7 Å². The normalized spacial score (nSPS) is 14.1. The Morgan fingerprint density at radius 1 is 1.22 bits per heavy atom. The first-order valence-electron chi connectivity index (χ1n) is 6.60. The molecule has 0 heterocycles. The minimum atomic E-state index is -0.439. The van der Waals surface area contributed by atoms with Gasteiger partial charge in [-0.05, 0) is 30.0 Å². The van der Waals surface area contributed by atoms with Crippen molar-refractivity contribution in [2.75, 3.05) is 13.7 Å². The van der Waals surface area contributed by atoms with E-state index in [-0.39, 0.29) is 5.92 Å². The van der Waals surface area contributed by atoms with Gasteiger partial charge in [0.25, 0.3) is 0 Å². The van der Waals surface area contributed by atoms with Gasteiger partial charge in [-0.2, -0.15) is 0 Å². The van der Waals surface area contributed by atoms with Gasteiger partial charge < -0.3 is 14.6 Å². The Kier molecular flexibility index (Phi) is 5.99. The van der Waals surface area contributed by atoms with Gasteiger partial charge in [-0.1, -0.05) is 33.3 Å². The quantitative estimate of drug-likeness (QED) is 0.810. The van der Waals surface area contributed by atoms with E-state index in [9.17, 15) is 5.11 Å². The molecular formula is C15H24O3. The lowest BCUT2D eigenvalue weighted by molar-refractivity contribution is 0.0611. The van der Waals surface area contributed by atoms with Gasteiger partial charge in [-0.15, -0.1) is 0 Å². The van der Waals surface area contributed by atoms with Crippen molar-refractivity contribution in [1.29, 1.82) is 0 Å². The van der Waals surface area contributed by atoms with Gasteiger partial charge in [-0.3, -0.25) is 0 Å². The molecule has 2 unspecified atom stereocenters. The third-order valence-electron chi connectivity index (χ3n) is 3.35. The van der Waals surface area contributed by atoms with Crippen LogP contribution in [0.5, 0.6) is 11.5 Å². The summed E-state index contributed by atoms with van der Waals surface area (Å²) < 4.78 is 10.9. The molecule has 3 nitrogen and oxygen atoms in total. The zero-order valence-electron chi connectivity index (χ0n) is 11.8. The van der Waals surface area contributed by atoms with Crippen molar-refractivity contribution in [3.63, 3.8) is 0 Å². The van der Waals surface area contributed by atoms with Gasteiger partial charge in [-0.25, -0.2) is 0 Å². The van der Waals surface area contributed by atoms with E-state index in [1.54, 1.807) is 7.11 Å². The van der Waals surface area contributed by atoms with Crippen LogP contribution in [0.1, 0.15) is 32.8 Å². The second-order valence-corrected chi connectivity index (χ2v) is 4.60. The average molecular weight is 252 g/mol. The van der Waals surface area contributed by atoms with Crippen molar-refractivity contribution < 1.29 is 14.6 Å². The van der Waals surface area contributed by atoms with E-state index in [2.05, 4.69) is 13.8 Å². The highest BCUT2D eigenvalue weighted by Gasteiger charge is 2.14. The number of rotatable bonds is 7. The number of aryl methyl sites for hydroxylation is 1. The Bertz CT molecular complexity index is 363. The molecule has 3 heteroatoms. The van der Waals surface area contributed by atoms with Gasteiger partial charge in [0.1, 0.15) is 6.61 Å². The first kappa shape index (κ1) is 14.8. The molecule has 2 atom stereocenters. The minimum Gasteiger partial charge on any atom is -0.493 e. The zero-order valence-corrected chi connectivity index (χ0v) is 11.8. The van der Waals surface area contributed by atoms with Crippen molar-refractivity contribution in [2.24, 2.45) is 5.92 Å². The van der Waals surface area contributed by atoms with Crippen LogP contribution in [0, 0.1) is 5.92 Å². The fraction of sp³-hybridized carbons (Fsp3) is 0.600. The van der Waals surface area contributed by atoms with E-state index < -0.39 is 6.10 Å². The summed E-state index contributed by atoms with van der Waals surface area (Å²) in [5.74, 6) is 1.66. The molecule has 0 aliphatic carbocycles. The van der Waals surface area contributed by atoms with E-state index in [0.717, 1.165) is 18.6 Å². The molecule has 0 spiro atoms. The molecule has 0 aliphatic rings. The summed E-state index contributed by atoms with van der Waals surface area (Å²) in [4.78, 5) is 0. The second-order valence-electron chi connectivity index (χ2n) is 4.60. The summed E-state index contributed by atoms with van der Waals surface area (Å²) in [6.07, 6.45) is 1.47. The molecule has 1 aromatic rings. The third-order valence-corrected chi connectivity index (χ3v) is 3.35. The molecule has 1 N–H and O–H groups in total. The van der Waals surface area contributed by atoms with E-state index in [0.29, 0.717) is 12.4 Å². The Balaban J connectivity index is 2.67. The number of hydrogen-bond donors (Lipinski definition) is 1. The molecule has 0 bridgehead atoms. The number of methoxy groups -OCH3 is 1. The molecule has 0 aromatic heterocycles. The molecular weight excluding hydrogens is 228 g/mol. The second kappa shape index (κ2) is 7.27. The average Bonchev–Trinajstić information content (AvgIpc) is 2.43. The Morgan fingerprint density at radius 2 is 1.94 bits per heavy atom. The number of aliphatic hydroxyl groups is 1. The fourth-order valence-electron chi connectivity index (χ4n) is 1.66. The first-order chi connectivity index (χ1) is 8.62. The molecule has 0 fully saturated rings. The van der Waals surface area contributed by atoms with Crippen molar-refractivity contribution in [3.05, 3.63) is 23.8 Å². The lowest BCUT2D eigenvalue weighted by atomic mass is 10.0. The van der Waals surface area contributed by atoms with E-state index in [4.69, 9.17) is 9.47 Å². The lowest BCUT2D eigenvalue weighted by Crippen LogP contribution is -2.24. The summed E-state index contributed by atoms with van der Waals surface area (Å²) in [7, 11) is 1.63. The van der Waals surface area contributed by atoms with Gasteiger partial charge in [0.15, 0.2) is 11.5 Å². The van der Waals surface area contributed by atoms with Gasteiger partial charge in [0, 0.05) is 0 Å². The number of ether oxygens (including phenoxy) is 2. The van der Waals surface area contributed by atoms with Crippen LogP contribution in [-0.2, 0) is 6.42 Å². The summed E-state index contributed by atoms with van der Waals surface area (Å²) in [6, 6.07) is 5.90. The zero-order chi connectivity index (χ0) is 13.5. The van der Waals surface area contributed by atoms with Crippen LogP contribution in [0.2, 0.25) is 0 Å². The summed E-state index contributed by atoms with van der Waals surface area (Å²) in [5.41, 5.74) is 1.21. The molecule has 102 valence electrons. The first-order valence-corrected chi connectivity index (χ1v) is 6.60. The maximum absolute atomic E-state index is 9.88. The molecule has 18 heavy (non-hydrogen) atoms. The molecule has 0 radical (unpaired) electrons. The number of benzene rings is 1. The van der Waals surface area contributed by atoms with Crippen LogP contribution in [-0.4, -0.2) is 24.9 Å². The number of aliphatic hydroxyl groups excluding tert-OH is 1. The van der Waals surface area contributed by atoms with Crippen LogP contribution in [0.4, 0.5) is 0 Å². The van der Waals surface area contributed by atoms with Gasteiger partial charge in [0.05, 0.1) is 13.2 Å². The van der Waals surface area contributed by atoms with Gasteiger partial charge >= 0.3 is 0 Å². The van der Waals surface area contributed by atoms with Crippen LogP contribution in [0.3, 0.4) is 0 Å². The summed E-state index contributed by atoms with van der Waals surface area (Å²) in [5, 5.41) is 9.88. The minimum absolute atomic E-state index is 0.242. The molecule has 1 rings (SSSR count). The van der Waals surface area contributed by atoms with Crippen LogP contribution in [0.25, 0.3) is 0 Å². The number of hydrogen-bond acceptors (Lipinski definition) is 3. The largest absolute Gasteiger partial charge is 0.493 e. The lowest BCUT2D eigenvalue weighted by Gasteiger charge is -2.19. The molecule has 1 aromatic carbocycles. The Hall–Kier alpha value is -1.22. The van der Waals surface area contributed by atoms with Crippen LogP contribution >= 0.6 is 0 Å². The molecule has 0 saturated carbocycles. The summed E-state index contributed by atoms with van der Waals surface area (Å²) in [6.45, 7) is 6.48. The Labute approximate surface area is 110 Å². The van der Waals surface area contributed by atoms with Crippen LogP contribution in [0.15, 0.2) is 18.2 Å². The predicted molar refractivity (Wildman–Crippen MR) is 73.3 cm³/mol. The maximum atomic E-state index is 9.88. The van der Waals surface area contributed by atoms with Crippen LogP contribution < -0.4 is 9.47 Å². The Morgan fingerprint density at radius 3 is 2.50 bits per heavy atom. The highest BCUT2D eigenvalue weighted by Crippen LogP contribution is 2.28.